The van der Waals surface area contributed by atoms with E-state index >= 15 is 0 Å². The highest BCUT2D eigenvalue weighted by atomic mass is 32.1. The summed E-state index contributed by atoms with van der Waals surface area (Å²) in [6.07, 6.45) is 4.00. The van der Waals surface area contributed by atoms with E-state index in [1.165, 1.54) is 0 Å². The third-order valence-electron chi connectivity index (χ3n) is 0.460. The highest BCUT2D eigenvalue weighted by Gasteiger charge is 1.74. The molecule has 0 aromatic carbocycles. The molecule has 0 aliphatic carbocycles. The first-order valence-electron chi connectivity index (χ1n) is 1.92. The quantitative estimate of drug-likeness (QED) is 0.304. The number of hydrogen-bond donors (Lipinski definition) is 2. The van der Waals surface area contributed by atoms with Crippen molar-refractivity contribution in [3.8, 4) is 0 Å². The van der Waals surface area contributed by atoms with Crippen LogP contribution >= 0.6 is 12.6 Å². The molecule has 0 aliphatic rings. The van der Waals surface area contributed by atoms with Gasteiger partial charge in [-0.3, -0.25) is 0 Å². The van der Waals surface area contributed by atoms with Crippen molar-refractivity contribution in [2.24, 2.45) is 0 Å². The summed E-state index contributed by atoms with van der Waals surface area (Å²) in [4.78, 5) is 0. The zero-order valence-corrected chi connectivity index (χ0v) is 4.46. The van der Waals surface area contributed by atoms with Crippen LogP contribution in [0.3, 0.4) is 0 Å². The van der Waals surface area contributed by atoms with Gasteiger partial charge in [0.15, 0.2) is 0 Å². The maximum absolute atomic E-state index is 6.42. The lowest BCUT2D eigenvalue weighted by Crippen LogP contribution is -1.73. The van der Waals surface area contributed by atoms with Crippen molar-refractivity contribution in [1.82, 2.24) is 0 Å². The number of rotatable bonds is 3. The molecule has 0 rings (SSSR count). The van der Waals surface area contributed by atoms with Crippen LogP contribution in [0.1, 0.15) is 12.8 Å². The van der Waals surface area contributed by atoms with Crippen LogP contribution in [-0.4, -0.2) is 12.0 Å². The van der Waals surface area contributed by atoms with Crippen LogP contribution < -0.4 is 0 Å². The molecule has 1 radical (unpaired) electrons. The standard InChI is InChI=1S/C4H8NS/c5-3-1-2-4-6/h5-6H,1-2,4H2. The second-order valence-corrected chi connectivity index (χ2v) is 1.45. The zero-order valence-electron chi connectivity index (χ0n) is 3.57. The van der Waals surface area contributed by atoms with E-state index in [-0.39, 0.29) is 0 Å². The molecule has 0 aliphatic heterocycles. The van der Waals surface area contributed by atoms with Gasteiger partial charge in [0, 0.05) is 0 Å². The molecular formula is C4H8NS. The van der Waals surface area contributed by atoms with Gasteiger partial charge in [0.25, 0.3) is 0 Å². The maximum Gasteiger partial charge on any atom is 0.0521 e. The van der Waals surface area contributed by atoms with Crippen molar-refractivity contribution in [2.45, 2.75) is 12.8 Å². The minimum atomic E-state index is 0.753. The third-order valence-corrected chi connectivity index (χ3v) is 0.776. The summed E-state index contributed by atoms with van der Waals surface area (Å²) in [6, 6.07) is 0. The molecule has 1 N–H and O–H groups in total. The van der Waals surface area contributed by atoms with Crippen LogP contribution in [0.15, 0.2) is 0 Å². The minimum Gasteiger partial charge on any atom is -0.303 e. The van der Waals surface area contributed by atoms with Gasteiger partial charge >= 0.3 is 0 Å². The molecule has 0 saturated carbocycles. The Morgan fingerprint density at radius 1 is 1.67 bits per heavy atom. The number of thiol groups is 1. The Hall–Kier alpha value is 0.0200. The van der Waals surface area contributed by atoms with E-state index in [2.05, 4.69) is 18.8 Å². The summed E-state index contributed by atoms with van der Waals surface area (Å²) in [5.41, 5.74) is 0. The second-order valence-electron chi connectivity index (χ2n) is 1.00. The molecule has 0 spiro atoms. The topological polar surface area (TPSA) is 23.9 Å². The van der Waals surface area contributed by atoms with Gasteiger partial charge in [-0.1, -0.05) is 0 Å². The minimum absolute atomic E-state index is 0.753. The summed E-state index contributed by atoms with van der Waals surface area (Å²) in [5, 5.41) is 6.42. The molecule has 1 nitrogen and oxygen atoms in total. The molecule has 6 heavy (non-hydrogen) atoms. The van der Waals surface area contributed by atoms with Gasteiger partial charge < -0.3 is 5.41 Å². The molecule has 0 aromatic heterocycles. The summed E-state index contributed by atoms with van der Waals surface area (Å²) < 4.78 is 0. The average Bonchev–Trinajstić information content (AvgIpc) is 1.61. The van der Waals surface area contributed by atoms with Crippen LogP contribution in [0.5, 0.6) is 0 Å². The molecule has 0 amide bonds. The van der Waals surface area contributed by atoms with Gasteiger partial charge in [0.05, 0.1) is 6.21 Å². The molecule has 0 saturated heterocycles. The second kappa shape index (κ2) is 5.02. The summed E-state index contributed by atoms with van der Waals surface area (Å²) in [6.45, 7) is 0. The van der Waals surface area contributed by atoms with Gasteiger partial charge in [-0.15, -0.1) is 0 Å². The number of hydrogen-bond acceptors (Lipinski definition) is 2. The Bertz CT molecular complexity index is 36.5. The Labute approximate surface area is 43.7 Å². The van der Waals surface area contributed by atoms with Crippen LogP contribution in [0.2, 0.25) is 0 Å². The number of nitrogens with one attached hydrogen (secondary N) is 1. The van der Waals surface area contributed by atoms with E-state index in [1.54, 1.807) is 0 Å². The van der Waals surface area contributed by atoms with Gasteiger partial charge in [-0.05, 0) is 18.6 Å². The van der Waals surface area contributed by atoms with E-state index in [1.807, 2.05) is 0 Å². The first-order valence-corrected chi connectivity index (χ1v) is 2.55. The maximum atomic E-state index is 6.42. The Morgan fingerprint density at radius 2 is 2.33 bits per heavy atom. The van der Waals surface area contributed by atoms with E-state index in [9.17, 15) is 0 Å². The third kappa shape index (κ3) is 4.02. The first kappa shape index (κ1) is 6.02. The Morgan fingerprint density at radius 3 is 2.50 bits per heavy atom. The fourth-order valence-electron chi connectivity index (χ4n) is 0.167. The van der Waals surface area contributed by atoms with E-state index in [4.69, 9.17) is 5.41 Å². The molecule has 0 heterocycles. The Balaban J connectivity index is 2.49. The molecule has 0 fully saturated rings. The number of unbranched alkanes of at least 4 members (excludes halogenated alkanes) is 1. The molecule has 0 atom stereocenters. The van der Waals surface area contributed by atoms with Gasteiger partial charge in [0.1, 0.15) is 0 Å². The highest BCUT2D eigenvalue weighted by molar-refractivity contribution is 7.80. The molecule has 0 bridgehead atoms. The Kier molecular flexibility index (Phi) is 5.04. The molecular weight excluding hydrogens is 94.1 g/mol. The van der Waals surface area contributed by atoms with Crippen molar-refractivity contribution < 1.29 is 0 Å². The zero-order chi connectivity index (χ0) is 4.83. The van der Waals surface area contributed by atoms with Crippen LogP contribution in [0.25, 0.3) is 0 Å². The lowest BCUT2D eigenvalue weighted by molar-refractivity contribution is 1.02. The largest absolute Gasteiger partial charge is 0.303 e. The fourth-order valence-corrected chi connectivity index (χ4v) is 0.326. The van der Waals surface area contributed by atoms with Crippen molar-refractivity contribution in [3.05, 3.63) is 0 Å². The van der Waals surface area contributed by atoms with Gasteiger partial charge in [-0.2, -0.15) is 12.6 Å². The van der Waals surface area contributed by atoms with E-state index in [0.717, 1.165) is 18.6 Å². The normalized spacial score (nSPS) is 8.17. The van der Waals surface area contributed by atoms with Crippen LogP contribution in [-0.2, 0) is 0 Å². The van der Waals surface area contributed by atoms with Gasteiger partial charge in [0.2, 0.25) is 0 Å². The predicted octanol–water partition coefficient (Wildman–Crippen LogP) is 1.22. The van der Waals surface area contributed by atoms with Crippen LogP contribution in [0, 0.1) is 5.41 Å². The lowest BCUT2D eigenvalue weighted by Gasteiger charge is -1.79. The molecule has 2 heteroatoms. The van der Waals surface area contributed by atoms with E-state index < -0.39 is 0 Å². The lowest BCUT2D eigenvalue weighted by atomic mass is 10.4. The fraction of sp³-hybridized carbons (Fsp3) is 0.750. The predicted molar refractivity (Wildman–Crippen MR) is 30.8 cm³/mol. The smallest absolute Gasteiger partial charge is 0.0521 e. The van der Waals surface area contributed by atoms with E-state index in [0.29, 0.717) is 0 Å². The van der Waals surface area contributed by atoms with Crippen molar-refractivity contribution in [1.29, 1.82) is 5.41 Å². The van der Waals surface area contributed by atoms with Crippen molar-refractivity contribution in [3.63, 3.8) is 0 Å². The monoisotopic (exact) mass is 102 g/mol. The highest BCUT2D eigenvalue weighted by Crippen LogP contribution is 1.84. The average molecular weight is 102 g/mol. The molecule has 0 aromatic rings. The summed E-state index contributed by atoms with van der Waals surface area (Å²) in [7, 11) is 0. The van der Waals surface area contributed by atoms with Crippen molar-refractivity contribution >= 4 is 18.8 Å². The first-order chi connectivity index (χ1) is 2.91. The van der Waals surface area contributed by atoms with Crippen LogP contribution in [0.4, 0.5) is 0 Å². The SMILES string of the molecule is N=[C]CCCS. The molecule has 35 valence electrons. The molecule has 0 unspecified atom stereocenters. The summed E-state index contributed by atoms with van der Waals surface area (Å²) in [5.74, 6) is 0.867. The van der Waals surface area contributed by atoms with Gasteiger partial charge in [-0.25, -0.2) is 0 Å². The van der Waals surface area contributed by atoms with Crippen molar-refractivity contribution in [2.75, 3.05) is 5.75 Å². The summed E-state index contributed by atoms with van der Waals surface area (Å²) >= 11 is 3.93.